The largest absolute Gasteiger partial charge is 0.449 e. The maximum atomic E-state index is 9.79. The molecule has 0 aliphatic rings. The molecule has 0 fully saturated rings. The first-order chi connectivity index (χ1) is 6.89. The van der Waals surface area contributed by atoms with E-state index >= 15 is 0 Å². The van der Waals surface area contributed by atoms with Crippen LogP contribution in [0.1, 0.15) is 26.5 Å². The lowest BCUT2D eigenvalue weighted by atomic mass is 9.90. The Morgan fingerprint density at radius 3 is 2.60 bits per heavy atom. The van der Waals surface area contributed by atoms with Crippen LogP contribution in [0, 0.1) is 5.41 Å². The van der Waals surface area contributed by atoms with E-state index in [0.717, 1.165) is 11.5 Å². The van der Waals surface area contributed by atoms with Gasteiger partial charge >= 0.3 is 0 Å². The number of rotatable bonds is 4. The van der Waals surface area contributed by atoms with Crippen LogP contribution in [-0.4, -0.2) is 17.0 Å². The van der Waals surface area contributed by atoms with Crippen molar-refractivity contribution in [2.45, 2.75) is 32.6 Å². The summed E-state index contributed by atoms with van der Waals surface area (Å²) in [6.07, 6.45) is -0.298. The summed E-state index contributed by atoms with van der Waals surface area (Å²) in [4.78, 5) is 0. The number of aliphatic hydroxyl groups excluding tert-OH is 1. The van der Waals surface area contributed by atoms with E-state index in [4.69, 9.17) is 16.0 Å². The third kappa shape index (κ3) is 4.49. The van der Waals surface area contributed by atoms with Crippen molar-refractivity contribution >= 4 is 23.4 Å². The number of halogens is 1. The minimum absolute atomic E-state index is 0.0617. The highest BCUT2D eigenvalue weighted by atomic mass is 35.5. The molecule has 2 nitrogen and oxygen atoms in total. The van der Waals surface area contributed by atoms with Gasteiger partial charge in [-0.15, -0.1) is 0 Å². The fourth-order valence-corrected chi connectivity index (χ4v) is 2.31. The molecule has 15 heavy (non-hydrogen) atoms. The molecule has 4 heteroatoms. The van der Waals surface area contributed by atoms with Crippen molar-refractivity contribution in [3.8, 4) is 0 Å². The normalized spacial score (nSPS) is 14.2. The Bertz CT molecular complexity index is 304. The highest BCUT2D eigenvalue weighted by Crippen LogP contribution is 2.25. The molecule has 0 bridgehead atoms. The highest BCUT2D eigenvalue weighted by Gasteiger charge is 2.21. The van der Waals surface area contributed by atoms with Crippen molar-refractivity contribution in [1.29, 1.82) is 0 Å². The van der Waals surface area contributed by atoms with E-state index in [1.165, 1.54) is 0 Å². The smallest absolute Gasteiger partial charge is 0.193 e. The molecule has 1 N–H and O–H groups in total. The number of aliphatic hydroxyl groups is 1. The molecule has 0 radical (unpaired) electrons. The third-order valence-electron chi connectivity index (χ3n) is 2.15. The monoisotopic (exact) mass is 248 g/mol. The summed E-state index contributed by atoms with van der Waals surface area (Å²) >= 11 is 7.30. The standard InChI is InChI=1S/C11H17ClO2S/c1-11(2,3)9(13)7-15-6-8-4-5-10(12)14-8/h4-5,9,13H,6-7H2,1-3H3. The molecule has 1 heterocycles. The minimum Gasteiger partial charge on any atom is -0.449 e. The first kappa shape index (κ1) is 12.9. The lowest BCUT2D eigenvalue weighted by molar-refractivity contribution is 0.0842. The summed E-state index contributed by atoms with van der Waals surface area (Å²) in [5.74, 6) is 2.31. The van der Waals surface area contributed by atoms with Crippen molar-refractivity contribution < 1.29 is 9.52 Å². The quantitative estimate of drug-likeness (QED) is 0.884. The molecule has 0 spiro atoms. The van der Waals surface area contributed by atoms with Crippen LogP contribution in [0.3, 0.4) is 0 Å². The van der Waals surface area contributed by atoms with Crippen molar-refractivity contribution in [1.82, 2.24) is 0 Å². The van der Waals surface area contributed by atoms with E-state index in [0.29, 0.717) is 11.0 Å². The molecule has 0 aliphatic carbocycles. The van der Waals surface area contributed by atoms with Gasteiger partial charge in [-0.25, -0.2) is 0 Å². The molecule has 1 atom stereocenters. The van der Waals surface area contributed by atoms with Crippen LogP contribution in [0.2, 0.25) is 5.22 Å². The molecule has 1 unspecified atom stereocenters. The first-order valence-electron chi connectivity index (χ1n) is 4.89. The Morgan fingerprint density at radius 2 is 2.13 bits per heavy atom. The van der Waals surface area contributed by atoms with Gasteiger partial charge in [-0.05, 0) is 29.1 Å². The zero-order valence-electron chi connectivity index (χ0n) is 9.29. The van der Waals surface area contributed by atoms with Gasteiger partial charge in [0.15, 0.2) is 5.22 Å². The highest BCUT2D eigenvalue weighted by molar-refractivity contribution is 7.98. The Labute approximate surface area is 100 Å². The van der Waals surface area contributed by atoms with Crippen LogP contribution in [0.4, 0.5) is 0 Å². The van der Waals surface area contributed by atoms with Gasteiger partial charge in [-0.3, -0.25) is 0 Å². The predicted molar refractivity (Wildman–Crippen MR) is 65.3 cm³/mol. The van der Waals surface area contributed by atoms with E-state index in [1.807, 2.05) is 26.8 Å². The van der Waals surface area contributed by atoms with Crippen LogP contribution in [0.15, 0.2) is 16.5 Å². The Balaban J connectivity index is 2.28. The lowest BCUT2D eigenvalue weighted by Gasteiger charge is -2.25. The average molecular weight is 249 g/mol. The zero-order valence-corrected chi connectivity index (χ0v) is 10.9. The second-order valence-corrected chi connectivity index (χ2v) is 6.01. The molecule has 0 aromatic carbocycles. The van der Waals surface area contributed by atoms with Crippen molar-refractivity contribution in [2.75, 3.05) is 5.75 Å². The summed E-state index contributed by atoms with van der Waals surface area (Å²) in [5, 5.41) is 10.2. The number of hydrogen-bond acceptors (Lipinski definition) is 3. The number of furan rings is 1. The van der Waals surface area contributed by atoms with Crippen LogP contribution < -0.4 is 0 Å². The number of hydrogen-bond donors (Lipinski definition) is 1. The molecule has 1 aromatic rings. The first-order valence-corrected chi connectivity index (χ1v) is 6.43. The number of thioether (sulfide) groups is 1. The van der Waals surface area contributed by atoms with Crippen LogP contribution in [0.5, 0.6) is 0 Å². The average Bonchev–Trinajstić information content (AvgIpc) is 2.49. The van der Waals surface area contributed by atoms with E-state index in [9.17, 15) is 5.11 Å². The maximum Gasteiger partial charge on any atom is 0.193 e. The molecule has 86 valence electrons. The van der Waals surface area contributed by atoms with Gasteiger partial charge in [-0.2, -0.15) is 11.8 Å². The van der Waals surface area contributed by atoms with Crippen LogP contribution in [-0.2, 0) is 5.75 Å². The van der Waals surface area contributed by atoms with Crippen LogP contribution in [0.25, 0.3) is 0 Å². The van der Waals surface area contributed by atoms with E-state index in [-0.39, 0.29) is 11.5 Å². The Morgan fingerprint density at radius 1 is 1.47 bits per heavy atom. The predicted octanol–water partition coefficient (Wildman–Crippen LogP) is 3.57. The van der Waals surface area contributed by atoms with E-state index in [2.05, 4.69) is 0 Å². The summed E-state index contributed by atoms with van der Waals surface area (Å²) < 4.78 is 5.21. The molecule has 0 amide bonds. The molecular weight excluding hydrogens is 232 g/mol. The third-order valence-corrected chi connectivity index (χ3v) is 3.39. The van der Waals surface area contributed by atoms with Gasteiger partial charge in [0.25, 0.3) is 0 Å². The molecule has 1 rings (SSSR count). The van der Waals surface area contributed by atoms with E-state index < -0.39 is 0 Å². The zero-order chi connectivity index (χ0) is 11.5. The second-order valence-electron chi connectivity index (χ2n) is 4.60. The van der Waals surface area contributed by atoms with Gasteiger partial charge in [0, 0.05) is 5.75 Å². The molecule has 0 saturated heterocycles. The lowest BCUT2D eigenvalue weighted by Crippen LogP contribution is -2.28. The summed E-state index contributed by atoms with van der Waals surface area (Å²) in [7, 11) is 0. The van der Waals surface area contributed by atoms with Gasteiger partial charge in [-0.1, -0.05) is 20.8 Å². The van der Waals surface area contributed by atoms with Gasteiger partial charge in [0.1, 0.15) is 5.76 Å². The van der Waals surface area contributed by atoms with Gasteiger partial charge in [0.05, 0.1) is 11.9 Å². The molecular formula is C11H17ClO2S. The maximum absolute atomic E-state index is 9.79. The van der Waals surface area contributed by atoms with Gasteiger partial charge in [0.2, 0.25) is 0 Å². The summed E-state index contributed by atoms with van der Waals surface area (Å²) in [6.45, 7) is 6.09. The summed E-state index contributed by atoms with van der Waals surface area (Å²) in [6, 6.07) is 3.59. The SMILES string of the molecule is CC(C)(C)C(O)CSCc1ccc(Cl)o1. The Hall–Kier alpha value is -0.120. The van der Waals surface area contributed by atoms with Crippen molar-refractivity contribution in [3.63, 3.8) is 0 Å². The molecule has 0 saturated carbocycles. The Kier molecular flexibility index (Phi) is 4.56. The van der Waals surface area contributed by atoms with Crippen molar-refractivity contribution in [2.24, 2.45) is 5.41 Å². The minimum atomic E-state index is -0.298. The van der Waals surface area contributed by atoms with Crippen LogP contribution >= 0.6 is 23.4 Å². The topological polar surface area (TPSA) is 33.4 Å². The van der Waals surface area contributed by atoms with E-state index in [1.54, 1.807) is 17.8 Å². The fraction of sp³-hybridized carbons (Fsp3) is 0.636. The molecule has 1 aromatic heterocycles. The summed E-state index contributed by atoms with van der Waals surface area (Å²) in [5.41, 5.74) is -0.0617. The fourth-order valence-electron chi connectivity index (χ4n) is 0.950. The molecule has 0 aliphatic heterocycles. The van der Waals surface area contributed by atoms with Crippen molar-refractivity contribution in [3.05, 3.63) is 23.1 Å². The second kappa shape index (κ2) is 5.28. The van der Waals surface area contributed by atoms with Gasteiger partial charge < -0.3 is 9.52 Å².